The summed E-state index contributed by atoms with van der Waals surface area (Å²) in [6.45, 7) is 9.44. The van der Waals surface area contributed by atoms with Crippen LogP contribution in [-0.2, 0) is 0 Å². The smallest absolute Gasteiger partial charge is 0.101 e. The summed E-state index contributed by atoms with van der Waals surface area (Å²) in [6, 6.07) is 0. The van der Waals surface area contributed by atoms with Crippen molar-refractivity contribution < 1.29 is 0 Å². The van der Waals surface area contributed by atoms with E-state index in [1.807, 2.05) is 0 Å². The van der Waals surface area contributed by atoms with Crippen molar-refractivity contribution in [2.75, 3.05) is 13.1 Å². The van der Waals surface area contributed by atoms with Gasteiger partial charge in [0.1, 0.15) is 6.17 Å². The lowest BCUT2D eigenvalue weighted by Crippen LogP contribution is -2.39. The molecule has 1 unspecified atom stereocenters. The Hall–Kier alpha value is -0.660. The molecule has 1 atom stereocenters. The SMILES string of the molecule is CCCCCCCCCCCCCCCCCN1C=CN(CCCC)C1CCCCCCCCCC. The second-order valence-corrected chi connectivity index (χ2v) is 11.8. The maximum absolute atomic E-state index is 2.68. The van der Waals surface area contributed by atoms with Gasteiger partial charge in [0.25, 0.3) is 0 Å². The summed E-state index contributed by atoms with van der Waals surface area (Å²) in [4.78, 5) is 5.33. The molecule has 0 amide bonds. The molecular formula is C34H68N2. The molecule has 214 valence electrons. The van der Waals surface area contributed by atoms with Gasteiger partial charge in [0.05, 0.1) is 0 Å². The Kier molecular flexibility index (Phi) is 24.1. The van der Waals surface area contributed by atoms with Crippen LogP contribution in [0.5, 0.6) is 0 Å². The predicted octanol–water partition coefficient (Wildman–Crippen LogP) is 11.6. The van der Waals surface area contributed by atoms with Crippen molar-refractivity contribution in [2.24, 2.45) is 0 Å². The molecular weight excluding hydrogens is 436 g/mol. The number of nitrogens with zero attached hydrogens (tertiary/aromatic N) is 2. The molecule has 2 heteroatoms. The van der Waals surface area contributed by atoms with Crippen molar-refractivity contribution in [3.05, 3.63) is 12.4 Å². The number of unbranched alkanes of at least 4 members (excludes halogenated alkanes) is 22. The van der Waals surface area contributed by atoms with Gasteiger partial charge in [0.2, 0.25) is 0 Å². The second kappa shape index (κ2) is 26.0. The third-order valence-electron chi connectivity index (χ3n) is 8.32. The van der Waals surface area contributed by atoms with Crippen LogP contribution >= 0.6 is 0 Å². The Labute approximate surface area is 229 Å². The van der Waals surface area contributed by atoms with Crippen molar-refractivity contribution in [3.8, 4) is 0 Å². The summed E-state index contributed by atoms with van der Waals surface area (Å²) >= 11 is 0. The first-order valence-electron chi connectivity index (χ1n) is 17.0. The standard InChI is InChI=1S/C34H68N2/c1-4-7-10-12-14-16-17-18-19-20-21-22-24-26-28-31-36-33-32-35(30-9-6-3)34(36)29-27-25-23-15-13-11-8-5-2/h32-34H,4-31H2,1-3H3. The average Bonchev–Trinajstić information content (AvgIpc) is 3.27. The van der Waals surface area contributed by atoms with Crippen molar-refractivity contribution in [1.82, 2.24) is 9.80 Å². The molecule has 0 bridgehead atoms. The predicted molar refractivity (Wildman–Crippen MR) is 163 cm³/mol. The van der Waals surface area contributed by atoms with Crippen LogP contribution in [0.2, 0.25) is 0 Å². The summed E-state index contributed by atoms with van der Waals surface area (Å²) in [5.41, 5.74) is 0. The van der Waals surface area contributed by atoms with E-state index in [0.717, 1.165) is 0 Å². The molecule has 0 aromatic rings. The molecule has 1 rings (SSSR count). The Morgan fingerprint density at radius 2 is 0.667 bits per heavy atom. The van der Waals surface area contributed by atoms with Gasteiger partial charge in [0, 0.05) is 25.5 Å². The topological polar surface area (TPSA) is 6.48 Å². The van der Waals surface area contributed by atoms with Crippen LogP contribution in [0.1, 0.15) is 188 Å². The van der Waals surface area contributed by atoms with E-state index in [-0.39, 0.29) is 0 Å². The van der Waals surface area contributed by atoms with Gasteiger partial charge in [-0.05, 0) is 25.7 Å². The van der Waals surface area contributed by atoms with Gasteiger partial charge in [-0.1, -0.05) is 162 Å². The zero-order valence-corrected chi connectivity index (χ0v) is 25.4. The van der Waals surface area contributed by atoms with Gasteiger partial charge in [0.15, 0.2) is 0 Å². The van der Waals surface area contributed by atoms with Crippen LogP contribution in [0.4, 0.5) is 0 Å². The summed E-state index contributed by atoms with van der Waals surface area (Å²) in [5.74, 6) is 0. The third kappa shape index (κ3) is 18.6. The van der Waals surface area contributed by atoms with Crippen molar-refractivity contribution in [3.63, 3.8) is 0 Å². The highest BCUT2D eigenvalue weighted by molar-refractivity contribution is 4.96. The van der Waals surface area contributed by atoms with Crippen molar-refractivity contribution >= 4 is 0 Å². The third-order valence-corrected chi connectivity index (χ3v) is 8.32. The van der Waals surface area contributed by atoms with Crippen molar-refractivity contribution in [1.29, 1.82) is 0 Å². The van der Waals surface area contributed by atoms with E-state index >= 15 is 0 Å². The molecule has 0 aromatic heterocycles. The Bertz CT molecular complexity index is 460. The molecule has 1 aliphatic rings. The second-order valence-electron chi connectivity index (χ2n) is 11.8. The van der Waals surface area contributed by atoms with Gasteiger partial charge < -0.3 is 9.80 Å². The molecule has 0 N–H and O–H groups in total. The number of hydrogen-bond donors (Lipinski definition) is 0. The van der Waals surface area contributed by atoms with Gasteiger partial charge in [-0.25, -0.2) is 0 Å². The Morgan fingerprint density at radius 3 is 1.06 bits per heavy atom. The first-order valence-corrected chi connectivity index (χ1v) is 17.0. The van der Waals surface area contributed by atoms with Crippen LogP contribution in [0, 0.1) is 0 Å². The quantitative estimate of drug-likeness (QED) is 0.0977. The zero-order valence-electron chi connectivity index (χ0n) is 25.4. The molecule has 1 aliphatic heterocycles. The van der Waals surface area contributed by atoms with Crippen molar-refractivity contribution in [2.45, 2.75) is 194 Å². The van der Waals surface area contributed by atoms with Gasteiger partial charge in [-0.15, -0.1) is 0 Å². The van der Waals surface area contributed by atoms with E-state index in [9.17, 15) is 0 Å². The van der Waals surface area contributed by atoms with Gasteiger partial charge in [-0.3, -0.25) is 0 Å². The lowest BCUT2D eigenvalue weighted by atomic mass is 10.0. The minimum absolute atomic E-state index is 0.642. The minimum Gasteiger partial charge on any atom is -0.356 e. The zero-order chi connectivity index (χ0) is 25.9. The first-order chi connectivity index (χ1) is 17.8. The maximum atomic E-state index is 2.68. The Balaban J connectivity index is 2.04. The van der Waals surface area contributed by atoms with Crippen LogP contribution in [0.15, 0.2) is 12.4 Å². The van der Waals surface area contributed by atoms with Crippen LogP contribution in [0.3, 0.4) is 0 Å². The van der Waals surface area contributed by atoms with E-state index in [1.54, 1.807) is 0 Å². The fraction of sp³-hybridized carbons (Fsp3) is 0.941. The molecule has 0 fully saturated rings. The molecule has 0 saturated heterocycles. The van der Waals surface area contributed by atoms with E-state index < -0.39 is 0 Å². The lowest BCUT2D eigenvalue weighted by molar-refractivity contribution is 0.136. The molecule has 0 saturated carbocycles. The fourth-order valence-electron chi connectivity index (χ4n) is 5.81. The Morgan fingerprint density at radius 1 is 0.361 bits per heavy atom. The van der Waals surface area contributed by atoms with Gasteiger partial charge in [-0.2, -0.15) is 0 Å². The van der Waals surface area contributed by atoms with Crippen LogP contribution in [-0.4, -0.2) is 29.1 Å². The normalized spacial score (nSPS) is 15.5. The van der Waals surface area contributed by atoms with E-state index in [2.05, 4.69) is 43.0 Å². The highest BCUT2D eigenvalue weighted by Crippen LogP contribution is 2.23. The molecule has 0 radical (unpaired) electrons. The summed E-state index contributed by atoms with van der Waals surface area (Å²) in [6.07, 6.45) is 42.6. The van der Waals surface area contributed by atoms with E-state index in [0.29, 0.717) is 6.17 Å². The highest BCUT2D eigenvalue weighted by atomic mass is 15.4. The fourth-order valence-corrected chi connectivity index (χ4v) is 5.81. The molecule has 2 nitrogen and oxygen atoms in total. The molecule has 1 heterocycles. The monoisotopic (exact) mass is 505 g/mol. The van der Waals surface area contributed by atoms with E-state index in [4.69, 9.17) is 0 Å². The lowest BCUT2D eigenvalue weighted by Gasteiger charge is -2.33. The highest BCUT2D eigenvalue weighted by Gasteiger charge is 2.24. The molecule has 0 aliphatic carbocycles. The van der Waals surface area contributed by atoms with Gasteiger partial charge >= 0.3 is 0 Å². The molecule has 0 aromatic carbocycles. The summed E-state index contributed by atoms with van der Waals surface area (Å²) in [7, 11) is 0. The summed E-state index contributed by atoms with van der Waals surface area (Å²) in [5, 5.41) is 0. The number of rotatable bonds is 28. The summed E-state index contributed by atoms with van der Waals surface area (Å²) < 4.78 is 0. The van der Waals surface area contributed by atoms with Crippen LogP contribution < -0.4 is 0 Å². The van der Waals surface area contributed by atoms with E-state index in [1.165, 1.54) is 180 Å². The minimum atomic E-state index is 0.642. The largest absolute Gasteiger partial charge is 0.356 e. The average molecular weight is 505 g/mol. The molecule has 36 heavy (non-hydrogen) atoms. The first kappa shape index (κ1) is 33.4. The molecule has 0 spiro atoms. The van der Waals surface area contributed by atoms with Crippen LogP contribution in [0.25, 0.3) is 0 Å². The number of hydrogen-bond acceptors (Lipinski definition) is 2. The maximum Gasteiger partial charge on any atom is 0.101 e.